The second-order valence-electron chi connectivity index (χ2n) is 13.2. The normalized spacial score (nSPS) is 15.1. The Labute approximate surface area is 254 Å². The molecule has 238 valence electrons. The number of unbranched alkanes of at least 4 members (excludes halogenated alkanes) is 26. The van der Waals surface area contributed by atoms with Gasteiger partial charge >= 0.3 is 0 Å². The molecule has 40 heavy (non-hydrogen) atoms. The fraction of sp³-hybridized carbons (Fsp3) is 0.947. The van der Waals surface area contributed by atoms with Gasteiger partial charge in [-0.3, -0.25) is 0 Å². The molecule has 0 aromatic rings. The molecule has 1 aliphatic rings. The van der Waals surface area contributed by atoms with Crippen molar-refractivity contribution < 1.29 is 0 Å². The van der Waals surface area contributed by atoms with Gasteiger partial charge in [-0.15, -0.1) is 0 Å². The molecule has 1 rings (SSSR count). The maximum atomic E-state index is 2.68. The Hall–Kier alpha value is -0.660. The minimum Gasteiger partial charge on any atom is -0.356 e. The SMILES string of the molecule is CCCCCCCCCCCCCCCCCCCN1C=CN(CCCCCCCCCCCC)C1CCCC. The first kappa shape index (κ1) is 37.4. The largest absolute Gasteiger partial charge is 0.356 e. The molecule has 2 nitrogen and oxygen atoms in total. The van der Waals surface area contributed by atoms with Gasteiger partial charge in [-0.25, -0.2) is 0 Å². The van der Waals surface area contributed by atoms with Crippen molar-refractivity contribution in [3.05, 3.63) is 12.4 Å². The third-order valence-corrected chi connectivity index (χ3v) is 9.32. The lowest BCUT2D eigenvalue weighted by Gasteiger charge is -2.33. The second kappa shape index (κ2) is 29.8. The van der Waals surface area contributed by atoms with Crippen LogP contribution in [0, 0.1) is 0 Å². The summed E-state index contributed by atoms with van der Waals surface area (Å²) < 4.78 is 0. The second-order valence-corrected chi connectivity index (χ2v) is 13.2. The number of nitrogens with zero attached hydrogens (tertiary/aromatic N) is 2. The highest BCUT2D eigenvalue weighted by Crippen LogP contribution is 2.23. The molecule has 0 saturated carbocycles. The van der Waals surface area contributed by atoms with Gasteiger partial charge in [0.05, 0.1) is 0 Å². The van der Waals surface area contributed by atoms with E-state index in [0.717, 1.165) is 0 Å². The zero-order valence-corrected chi connectivity index (χ0v) is 28.3. The Bertz CT molecular complexity index is 516. The zero-order valence-electron chi connectivity index (χ0n) is 28.3. The number of hydrogen-bond donors (Lipinski definition) is 0. The first-order chi connectivity index (χ1) is 19.8. The third-order valence-electron chi connectivity index (χ3n) is 9.32. The number of hydrogen-bond acceptors (Lipinski definition) is 2. The lowest BCUT2D eigenvalue weighted by atomic mass is 10.0. The van der Waals surface area contributed by atoms with Gasteiger partial charge in [-0.1, -0.05) is 188 Å². The smallest absolute Gasteiger partial charge is 0.101 e. The molecule has 0 aromatic carbocycles. The predicted molar refractivity (Wildman–Crippen MR) is 182 cm³/mol. The van der Waals surface area contributed by atoms with Crippen molar-refractivity contribution in [2.45, 2.75) is 220 Å². The molecule has 0 spiro atoms. The van der Waals surface area contributed by atoms with Gasteiger partial charge in [0.2, 0.25) is 0 Å². The highest BCUT2D eigenvalue weighted by molar-refractivity contribution is 4.96. The van der Waals surface area contributed by atoms with Gasteiger partial charge < -0.3 is 9.80 Å². The van der Waals surface area contributed by atoms with Gasteiger partial charge in [0.1, 0.15) is 6.17 Å². The van der Waals surface area contributed by atoms with E-state index in [2.05, 4.69) is 43.0 Å². The van der Waals surface area contributed by atoms with E-state index in [1.807, 2.05) is 0 Å². The summed E-state index contributed by atoms with van der Waals surface area (Å²) in [6.07, 6.45) is 48.5. The fourth-order valence-corrected chi connectivity index (χ4v) is 6.53. The molecule has 0 N–H and O–H groups in total. The standard InChI is InChI=1S/C38H76N2/c1-4-7-10-12-14-16-18-19-20-21-22-23-24-26-28-30-32-35-40-37-36-39(38(40)33-9-6-3)34-31-29-27-25-17-15-13-11-8-5-2/h36-38H,4-35H2,1-3H3. The van der Waals surface area contributed by atoms with E-state index in [-0.39, 0.29) is 0 Å². The van der Waals surface area contributed by atoms with E-state index >= 15 is 0 Å². The van der Waals surface area contributed by atoms with Crippen LogP contribution < -0.4 is 0 Å². The Morgan fingerprint density at radius 1 is 0.325 bits per heavy atom. The molecule has 0 amide bonds. The summed E-state index contributed by atoms with van der Waals surface area (Å²) in [5.41, 5.74) is 0. The van der Waals surface area contributed by atoms with Crippen molar-refractivity contribution in [3.8, 4) is 0 Å². The van der Waals surface area contributed by atoms with Crippen LogP contribution in [0.4, 0.5) is 0 Å². The first-order valence-corrected chi connectivity index (χ1v) is 19.0. The summed E-state index contributed by atoms with van der Waals surface area (Å²) in [6.45, 7) is 9.48. The van der Waals surface area contributed by atoms with Crippen LogP contribution >= 0.6 is 0 Å². The predicted octanol–water partition coefficient (Wildman–Crippen LogP) is 13.2. The lowest BCUT2D eigenvalue weighted by molar-refractivity contribution is 0.136. The lowest BCUT2D eigenvalue weighted by Crippen LogP contribution is -2.39. The van der Waals surface area contributed by atoms with Crippen LogP contribution in [-0.4, -0.2) is 29.1 Å². The average molecular weight is 561 g/mol. The molecular weight excluding hydrogens is 484 g/mol. The number of rotatable bonds is 32. The average Bonchev–Trinajstić information content (AvgIpc) is 3.35. The quantitative estimate of drug-likeness (QED) is 0.0755. The molecule has 2 heteroatoms. The molecule has 1 atom stereocenters. The molecule has 0 fully saturated rings. The van der Waals surface area contributed by atoms with E-state index in [9.17, 15) is 0 Å². The molecule has 0 saturated heterocycles. The topological polar surface area (TPSA) is 6.48 Å². The molecule has 0 radical (unpaired) electrons. The van der Waals surface area contributed by atoms with Crippen molar-refractivity contribution in [3.63, 3.8) is 0 Å². The summed E-state index contributed by atoms with van der Waals surface area (Å²) in [4.78, 5) is 5.35. The van der Waals surface area contributed by atoms with E-state index in [4.69, 9.17) is 0 Å². The summed E-state index contributed by atoms with van der Waals surface area (Å²) in [6, 6.07) is 0. The van der Waals surface area contributed by atoms with Crippen LogP contribution in [0.2, 0.25) is 0 Å². The fourth-order valence-electron chi connectivity index (χ4n) is 6.53. The van der Waals surface area contributed by atoms with E-state index in [1.165, 1.54) is 206 Å². The summed E-state index contributed by atoms with van der Waals surface area (Å²) >= 11 is 0. The van der Waals surface area contributed by atoms with Crippen LogP contribution in [0.15, 0.2) is 12.4 Å². The van der Waals surface area contributed by atoms with Crippen LogP contribution in [-0.2, 0) is 0 Å². The highest BCUT2D eigenvalue weighted by atomic mass is 15.4. The molecule has 1 unspecified atom stereocenters. The van der Waals surface area contributed by atoms with Gasteiger partial charge in [0.25, 0.3) is 0 Å². The molecule has 0 aliphatic carbocycles. The van der Waals surface area contributed by atoms with E-state index in [0.29, 0.717) is 6.17 Å². The Kier molecular flexibility index (Phi) is 27.9. The summed E-state index contributed by atoms with van der Waals surface area (Å²) in [5, 5.41) is 0. The van der Waals surface area contributed by atoms with Crippen molar-refractivity contribution >= 4 is 0 Å². The minimum atomic E-state index is 0.638. The Morgan fingerprint density at radius 3 is 0.850 bits per heavy atom. The first-order valence-electron chi connectivity index (χ1n) is 19.0. The summed E-state index contributed by atoms with van der Waals surface area (Å²) in [5.74, 6) is 0. The zero-order chi connectivity index (χ0) is 28.8. The van der Waals surface area contributed by atoms with Gasteiger partial charge in [0, 0.05) is 25.5 Å². The van der Waals surface area contributed by atoms with Gasteiger partial charge in [0.15, 0.2) is 0 Å². The molecular formula is C38H76N2. The molecule has 0 aromatic heterocycles. The molecule has 1 heterocycles. The van der Waals surface area contributed by atoms with E-state index < -0.39 is 0 Å². The van der Waals surface area contributed by atoms with Crippen LogP contribution in [0.5, 0.6) is 0 Å². The van der Waals surface area contributed by atoms with Crippen molar-refractivity contribution in [2.24, 2.45) is 0 Å². The monoisotopic (exact) mass is 561 g/mol. The Morgan fingerprint density at radius 2 is 0.575 bits per heavy atom. The van der Waals surface area contributed by atoms with Crippen LogP contribution in [0.3, 0.4) is 0 Å². The highest BCUT2D eigenvalue weighted by Gasteiger charge is 2.24. The van der Waals surface area contributed by atoms with Gasteiger partial charge in [-0.05, 0) is 25.7 Å². The van der Waals surface area contributed by atoms with Crippen LogP contribution in [0.1, 0.15) is 213 Å². The van der Waals surface area contributed by atoms with Crippen molar-refractivity contribution in [1.29, 1.82) is 0 Å². The third kappa shape index (κ3) is 22.0. The van der Waals surface area contributed by atoms with Crippen molar-refractivity contribution in [1.82, 2.24) is 9.80 Å². The van der Waals surface area contributed by atoms with Crippen molar-refractivity contribution in [2.75, 3.05) is 13.1 Å². The van der Waals surface area contributed by atoms with E-state index in [1.54, 1.807) is 0 Å². The molecule has 0 bridgehead atoms. The molecule has 1 aliphatic heterocycles. The van der Waals surface area contributed by atoms with Crippen LogP contribution in [0.25, 0.3) is 0 Å². The minimum absolute atomic E-state index is 0.638. The van der Waals surface area contributed by atoms with Gasteiger partial charge in [-0.2, -0.15) is 0 Å². The maximum absolute atomic E-state index is 2.68. The Balaban J connectivity index is 1.98. The maximum Gasteiger partial charge on any atom is 0.101 e. The summed E-state index contributed by atoms with van der Waals surface area (Å²) in [7, 11) is 0.